The first-order valence-electron chi connectivity index (χ1n) is 7.22. The molecule has 0 atom stereocenters. The van der Waals surface area contributed by atoms with Crippen molar-refractivity contribution in [2.24, 2.45) is 5.41 Å². The lowest BCUT2D eigenvalue weighted by Crippen LogP contribution is -2.36. The summed E-state index contributed by atoms with van der Waals surface area (Å²) in [5.41, 5.74) is 4.07. The highest BCUT2D eigenvalue weighted by atomic mass is 14.9. The Kier molecular flexibility index (Phi) is 3.28. The minimum atomic E-state index is 0.551. The van der Waals surface area contributed by atoms with Gasteiger partial charge in [0.25, 0.3) is 0 Å². The van der Waals surface area contributed by atoms with Crippen LogP contribution in [0.4, 0.5) is 0 Å². The van der Waals surface area contributed by atoms with Gasteiger partial charge >= 0.3 is 0 Å². The van der Waals surface area contributed by atoms with Crippen molar-refractivity contribution in [3.8, 4) is 0 Å². The lowest BCUT2D eigenvalue weighted by molar-refractivity contribution is 0.156. The third-order valence-electron chi connectivity index (χ3n) is 4.33. The number of nitrogens with one attached hydrogen (secondary N) is 1. The number of rotatable bonds is 4. The van der Waals surface area contributed by atoms with Gasteiger partial charge < -0.3 is 5.32 Å². The van der Waals surface area contributed by atoms with Crippen LogP contribution in [-0.2, 0) is 6.54 Å². The normalized spacial score (nSPS) is 17.4. The van der Waals surface area contributed by atoms with Crippen LogP contribution in [0.25, 0.3) is 10.9 Å². The van der Waals surface area contributed by atoms with E-state index in [0.717, 1.165) is 24.3 Å². The number of aryl methyl sites for hydroxylation is 1. The molecule has 19 heavy (non-hydrogen) atoms. The summed E-state index contributed by atoms with van der Waals surface area (Å²) in [6.07, 6.45) is 4.15. The van der Waals surface area contributed by atoms with E-state index in [1.54, 1.807) is 0 Å². The molecule has 2 nitrogen and oxygen atoms in total. The number of fused-ring (bicyclic) bond motifs is 1. The fraction of sp³-hybridized carbons (Fsp3) is 0.471. The zero-order chi connectivity index (χ0) is 13.3. The molecule has 2 heteroatoms. The van der Waals surface area contributed by atoms with Gasteiger partial charge in [-0.25, -0.2) is 0 Å². The van der Waals surface area contributed by atoms with Crippen molar-refractivity contribution in [1.29, 1.82) is 0 Å². The van der Waals surface area contributed by atoms with Crippen molar-refractivity contribution in [2.45, 2.75) is 39.7 Å². The van der Waals surface area contributed by atoms with Crippen LogP contribution in [0.3, 0.4) is 0 Å². The number of hydrogen-bond donors (Lipinski definition) is 1. The minimum absolute atomic E-state index is 0.551. The lowest BCUT2D eigenvalue weighted by atomic mass is 9.70. The van der Waals surface area contributed by atoms with E-state index in [2.05, 4.69) is 47.6 Å². The van der Waals surface area contributed by atoms with Crippen LogP contribution in [0, 0.1) is 12.3 Å². The van der Waals surface area contributed by atoms with Crippen LogP contribution in [0.5, 0.6) is 0 Å². The van der Waals surface area contributed by atoms with E-state index in [1.807, 2.05) is 6.92 Å². The Morgan fingerprint density at radius 1 is 1.21 bits per heavy atom. The monoisotopic (exact) mass is 254 g/mol. The molecule has 0 spiro atoms. The summed E-state index contributed by atoms with van der Waals surface area (Å²) in [5.74, 6) is 0. The molecule has 1 N–H and O–H groups in total. The molecule has 3 rings (SSSR count). The van der Waals surface area contributed by atoms with Gasteiger partial charge in [-0.3, -0.25) is 4.98 Å². The van der Waals surface area contributed by atoms with Gasteiger partial charge in [0, 0.05) is 24.2 Å². The van der Waals surface area contributed by atoms with Crippen LogP contribution >= 0.6 is 0 Å². The van der Waals surface area contributed by atoms with Crippen molar-refractivity contribution < 1.29 is 0 Å². The Labute approximate surface area is 115 Å². The zero-order valence-electron chi connectivity index (χ0n) is 11.9. The first kappa shape index (κ1) is 12.6. The number of pyridine rings is 1. The van der Waals surface area contributed by atoms with Crippen LogP contribution in [-0.4, -0.2) is 11.5 Å². The van der Waals surface area contributed by atoms with E-state index >= 15 is 0 Å². The van der Waals surface area contributed by atoms with Crippen molar-refractivity contribution in [2.75, 3.05) is 6.54 Å². The highest BCUT2D eigenvalue weighted by Gasteiger charge is 2.30. The second-order valence-corrected chi connectivity index (χ2v) is 6.25. The minimum Gasteiger partial charge on any atom is -0.312 e. The SMILES string of the molecule is Cc1ccc2cc(CNCC3(C)CCC3)ccc2n1. The first-order chi connectivity index (χ1) is 9.15. The van der Waals surface area contributed by atoms with E-state index < -0.39 is 0 Å². The van der Waals surface area contributed by atoms with Crippen LogP contribution < -0.4 is 5.32 Å². The molecule has 0 aliphatic heterocycles. The molecule has 0 bridgehead atoms. The van der Waals surface area contributed by atoms with Gasteiger partial charge in [-0.15, -0.1) is 0 Å². The number of aromatic nitrogens is 1. The summed E-state index contributed by atoms with van der Waals surface area (Å²) < 4.78 is 0. The van der Waals surface area contributed by atoms with Crippen LogP contribution in [0.1, 0.15) is 37.4 Å². The van der Waals surface area contributed by atoms with Crippen molar-refractivity contribution >= 4 is 10.9 Å². The first-order valence-corrected chi connectivity index (χ1v) is 7.22. The van der Waals surface area contributed by atoms with E-state index in [9.17, 15) is 0 Å². The van der Waals surface area contributed by atoms with E-state index in [4.69, 9.17) is 0 Å². The number of benzene rings is 1. The van der Waals surface area contributed by atoms with E-state index in [0.29, 0.717) is 5.41 Å². The summed E-state index contributed by atoms with van der Waals surface area (Å²) >= 11 is 0. The molecular weight excluding hydrogens is 232 g/mol. The molecular formula is C17H22N2. The van der Waals surface area contributed by atoms with Gasteiger partial charge in [0.15, 0.2) is 0 Å². The molecule has 1 aromatic carbocycles. The average Bonchev–Trinajstić information content (AvgIpc) is 2.37. The Morgan fingerprint density at radius 3 is 2.79 bits per heavy atom. The fourth-order valence-corrected chi connectivity index (χ4v) is 2.85. The second kappa shape index (κ2) is 4.93. The number of nitrogens with zero attached hydrogens (tertiary/aromatic N) is 1. The number of hydrogen-bond acceptors (Lipinski definition) is 2. The highest BCUT2D eigenvalue weighted by molar-refractivity contribution is 5.79. The predicted molar refractivity (Wildman–Crippen MR) is 80.1 cm³/mol. The van der Waals surface area contributed by atoms with Gasteiger partial charge in [-0.2, -0.15) is 0 Å². The fourth-order valence-electron chi connectivity index (χ4n) is 2.85. The van der Waals surface area contributed by atoms with Gasteiger partial charge in [0.1, 0.15) is 0 Å². The van der Waals surface area contributed by atoms with Gasteiger partial charge in [0.2, 0.25) is 0 Å². The summed E-state index contributed by atoms with van der Waals surface area (Å²) in [6, 6.07) is 10.8. The molecule has 0 unspecified atom stereocenters. The maximum Gasteiger partial charge on any atom is 0.0705 e. The quantitative estimate of drug-likeness (QED) is 0.897. The predicted octanol–water partition coefficient (Wildman–Crippen LogP) is 3.82. The molecule has 1 saturated carbocycles. The highest BCUT2D eigenvalue weighted by Crippen LogP contribution is 2.39. The lowest BCUT2D eigenvalue weighted by Gasteiger charge is -2.38. The molecule has 1 heterocycles. The molecule has 1 aliphatic carbocycles. The molecule has 2 aromatic rings. The van der Waals surface area contributed by atoms with Crippen molar-refractivity contribution in [3.05, 3.63) is 41.6 Å². The van der Waals surface area contributed by atoms with E-state index in [1.165, 1.54) is 30.2 Å². The third-order valence-corrected chi connectivity index (χ3v) is 4.33. The van der Waals surface area contributed by atoms with Gasteiger partial charge in [0.05, 0.1) is 5.52 Å². The van der Waals surface area contributed by atoms with Crippen molar-refractivity contribution in [3.63, 3.8) is 0 Å². The standard InChI is InChI=1S/C17H22N2/c1-13-4-6-15-10-14(5-7-16(15)19-13)11-18-12-17(2)8-3-9-17/h4-7,10,18H,3,8-9,11-12H2,1-2H3. The summed E-state index contributed by atoms with van der Waals surface area (Å²) in [5, 5.41) is 4.84. The van der Waals surface area contributed by atoms with E-state index in [-0.39, 0.29) is 0 Å². The zero-order valence-corrected chi connectivity index (χ0v) is 11.9. The van der Waals surface area contributed by atoms with Crippen molar-refractivity contribution in [1.82, 2.24) is 10.3 Å². The van der Waals surface area contributed by atoms with Crippen LogP contribution in [0.2, 0.25) is 0 Å². The molecule has 0 saturated heterocycles. The second-order valence-electron chi connectivity index (χ2n) is 6.25. The summed E-state index contributed by atoms with van der Waals surface area (Å²) in [7, 11) is 0. The molecule has 100 valence electrons. The maximum atomic E-state index is 4.54. The summed E-state index contributed by atoms with van der Waals surface area (Å²) in [4.78, 5) is 4.54. The molecule has 0 amide bonds. The largest absolute Gasteiger partial charge is 0.312 e. The Hall–Kier alpha value is -1.41. The van der Waals surface area contributed by atoms with Crippen LogP contribution in [0.15, 0.2) is 30.3 Å². The molecule has 0 radical (unpaired) electrons. The Bertz CT molecular complexity index is 585. The summed E-state index contributed by atoms with van der Waals surface area (Å²) in [6.45, 7) is 6.52. The Balaban J connectivity index is 1.66. The topological polar surface area (TPSA) is 24.9 Å². The molecule has 1 fully saturated rings. The third kappa shape index (κ3) is 2.79. The molecule has 1 aromatic heterocycles. The molecule has 1 aliphatic rings. The Morgan fingerprint density at radius 2 is 2.05 bits per heavy atom. The maximum absolute atomic E-state index is 4.54. The van der Waals surface area contributed by atoms with Gasteiger partial charge in [-0.1, -0.05) is 25.5 Å². The van der Waals surface area contributed by atoms with Gasteiger partial charge in [-0.05, 0) is 48.9 Å². The smallest absolute Gasteiger partial charge is 0.0705 e. The average molecular weight is 254 g/mol.